The molecule has 1 fully saturated rings. The number of likely N-dealkylation sites (tertiary alicyclic amines) is 1. The van der Waals surface area contributed by atoms with Crippen molar-refractivity contribution in [2.75, 3.05) is 38.5 Å². The second-order valence-electron chi connectivity index (χ2n) is 7.25. The maximum Gasteiger partial charge on any atom is 0.238 e. The van der Waals surface area contributed by atoms with E-state index in [0.717, 1.165) is 42.7 Å². The highest BCUT2D eigenvalue weighted by Crippen LogP contribution is 2.21. The molecule has 1 aromatic carbocycles. The van der Waals surface area contributed by atoms with E-state index in [1.54, 1.807) is 0 Å². The number of anilines is 1. The molecule has 0 aliphatic carbocycles. The van der Waals surface area contributed by atoms with Crippen molar-refractivity contribution in [1.29, 1.82) is 0 Å². The minimum Gasteiger partial charge on any atom is -0.343 e. The third-order valence-electron chi connectivity index (χ3n) is 4.77. The third-order valence-corrected chi connectivity index (χ3v) is 4.77. The first-order chi connectivity index (χ1) is 11.9. The number of nitrogens with one attached hydrogen (secondary N) is 1. The van der Waals surface area contributed by atoms with Crippen LogP contribution in [0.5, 0.6) is 0 Å². The zero-order valence-corrected chi connectivity index (χ0v) is 16.0. The largest absolute Gasteiger partial charge is 0.343 e. The lowest BCUT2D eigenvalue weighted by molar-refractivity contribution is -0.132. The summed E-state index contributed by atoms with van der Waals surface area (Å²) in [7, 11) is 1.89. The molecule has 0 aromatic heterocycles. The molecule has 0 saturated carbocycles. The van der Waals surface area contributed by atoms with Crippen LogP contribution >= 0.6 is 0 Å². The zero-order valence-electron chi connectivity index (χ0n) is 16.0. The molecule has 1 N–H and O–H groups in total. The second-order valence-corrected chi connectivity index (χ2v) is 7.25. The fraction of sp³-hybridized carbons (Fsp3) is 0.600. The van der Waals surface area contributed by atoms with E-state index in [-0.39, 0.29) is 11.8 Å². The summed E-state index contributed by atoms with van der Waals surface area (Å²) < 4.78 is 0. The fourth-order valence-electron chi connectivity index (χ4n) is 3.47. The number of aryl methyl sites for hydroxylation is 3. The first kappa shape index (κ1) is 19.4. The van der Waals surface area contributed by atoms with Gasteiger partial charge in [-0.3, -0.25) is 14.5 Å². The van der Waals surface area contributed by atoms with E-state index in [9.17, 15) is 9.59 Å². The van der Waals surface area contributed by atoms with Crippen LogP contribution in [0, 0.1) is 20.8 Å². The van der Waals surface area contributed by atoms with E-state index in [4.69, 9.17) is 0 Å². The number of amides is 2. The lowest BCUT2D eigenvalue weighted by Gasteiger charge is -2.27. The highest BCUT2D eigenvalue weighted by molar-refractivity contribution is 5.93. The predicted octanol–water partition coefficient (Wildman–Crippen LogP) is 2.88. The molecule has 138 valence electrons. The Kier molecular flexibility index (Phi) is 7.00. The molecular formula is C20H31N3O2. The van der Waals surface area contributed by atoms with Gasteiger partial charge in [-0.25, -0.2) is 0 Å². The topological polar surface area (TPSA) is 52.7 Å². The quantitative estimate of drug-likeness (QED) is 0.862. The maximum atomic E-state index is 12.3. The van der Waals surface area contributed by atoms with Gasteiger partial charge in [0.15, 0.2) is 0 Å². The van der Waals surface area contributed by atoms with E-state index in [1.807, 2.05) is 30.7 Å². The Morgan fingerprint density at radius 1 is 1.08 bits per heavy atom. The van der Waals surface area contributed by atoms with Crippen molar-refractivity contribution in [2.45, 2.75) is 46.5 Å². The molecule has 25 heavy (non-hydrogen) atoms. The molecule has 1 aliphatic rings. The van der Waals surface area contributed by atoms with Crippen LogP contribution in [0.15, 0.2) is 12.1 Å². The van der Waals surface area contributed by atoms with Crippen molar-refractivity contribution in [2.24, 2.45) is 0 Å². The summed E-state index contributed by atoms with van der Waals surface area (Å²) in [6.45, 7) is 8.74. The molecule has 1 aromatic rings. The van der Waals surface area contributed by atoms with Gasteiger partial charge in [-0.05, 0) is 58.2 Å². The van der Waals surface area contributed by atoms with Crippen LogP contribution < -0.4 is 5.32 Å². The predicted molar refractivity (Wildman–Crippen MR) is 102 cm³/mol. The summed E-state index contributed by atoms with van der Waals surface area (Å²) in [4.78, 5) is 28.4. The average molecular weight is 345 g/mol. The molecule has 0 spiro atoms. The summed E-state index contributed by atoms with van der Waals surface area (Å²) in [6.07, 6.45) is 3.92. The summed E-state index contributed by atoms with van der Waals surface area (Å²) in [5, 5.41) is 3.01. The summed E-state index contributed by atoms with van der Waals surface area (Å²) in [5.41, 5.74) is 4.25. The van der Waals surface area contributed by atoms with Crippen LogP contribution in [0.4, 0.5) is 5.69 Å². The number of nitrogens with zero attached hydrogens (tertiary/aromatic N) is 2. The molecule has 2 amide bonds. The van der Waals surface area contributed by atoms with Crippen LogP contribution in [0.2, 0.25) is 0 Å². The molecule has 5 heteroatoms. The Morgan fingerprint density at radius 3 is 2.28 bits per heavy atom. The van der Waals surface area contributed by atoms with Crippen LogP contribution in [0.1, 0.15) is 42.4 Å². The van der Waals surface area contributed by atoms with Gasteiger partial charge in [0, 0.05) is 31.7 Å². The van der Waals surface area contributed by atoms with E-state index in [1.165, 1.54) is 12.0 Å². The Hall–Kier alpha value is -1.88. The van der Waals surface area contributed by atoms with Crippen LogP contribution in [-0.2, 0) is 9.59 Å². The van der Waals surface area contributed by atoms with Crippen molar-refractivity contribution in [3.8, 4) is 0 Å². The second kappa shape index (κ2) is 8.99. The van der Waals surface area contributed by atoms with Crippen LogP contribution in [0.3, 0.4) is 0 Å². The zero-order chi connectivity index (χ0) is 18.4. The monoisotopic (exact) mass is 345 g/mol. The van der Waals surface area contributed by atoms with Gasteiger partial charge in [-0.1, -0.05) is 17.7 Å². The number of hydrogen-bond donors (Lipinski definition) is 1. The Morgan fingerprint density at radius 2 is 1.68 bits per heavy atom. The Balaban J connectivity index is 1.79. The van der Waals surface area contributed by atoms with Gasteiger partial charge in [0.2, 0.25) is 11.8 Å². The summed E-state index contributed by atoms with van der Waals surface area (Å²) in [5.74, 6) is 0.167. The molecule has 0 bridgehead atoms. The van der Waals surface area contributed by atoms with Crippen molar-refractivity contribution < 1.29 is 9.59 Å². The van der Waals surface area contributed by atoms with E-state index in [0.29, 0.717) is 19.5 Å². The first-order valence-electron chi connectivity index (χ1n) is 9.21. The van der Waals surface area contributed by atoms with Gasteiger partial charge in [0.1, 0.15) is 0 Å². The highest BCUT2D eigenvalue weighted by Gasteiger charge is 2.17. The first-order valence-corrected chi connectivity index (χ1v) is 9.21. The van der Waals surface area contributed by atoms with Crippen molar-refractivity contribution in [3.05, 3.63) is 28.8 Å². The van der Waals surface area contributed by atoms with Crippen molar-refractivity contribution >= 4 is 17.5 Å². The third kappa shape index (κ3) is 5.85. The van der Waals surface area contributed by atoms with Gasteiger partial charge in [0.25, 0.3) is 0 Å². The standard InChI is InChI=1S/C20H31N3O2/c1-15-12-16(2)20(17(3)13-15)21-18(24)14-22(4)11-8-19(25)23-9-6-5-7-10-23/h12-13H,5-11,14H2,1-4H3,(H,21,24). The number of rotatable bonds is 6. The van der Waals surface area contributed by atoms with Gasteiger partial charge < -0.3 is 10.2 Å². The molecule has 1 aliphatic heterocycles. The fourth-order valence-corrected chi connectivity index (χ4v) is 3.47. The molecule has 2 rings (SSSR count). The van der Waals surface area contributed by atoms with E-state index in [2.05, 4.69) is 24.4 Å². The molecule has 0 radical (unpaired) electrons. The Bertz CT molecular complexity index is 598. The van der Waals surface area contributed by atoms with Gasteiger partial charge in [-0.2, -0.15) is 0 Å². The van der Waals surface area contributed by atoms with Crippen molar-refractivity contribution in [3.63, 3.8) is 0 Å². The number of piperidine rings is 1. The lowest BCUT2D eigenvalue weighted by atomic mass is 10.1. The SMILES string of the molecule is Cc1cc(C)c(NC(=O)CN(C)CCC(=O)N2CCCCC2)c(C)c1. The van der Waals surface area contributed by atoms with Crippen LogP contribution in [0.25, 0.3) is 0 Å². The smallest absolute Gasteiger partial charge is 0.238 e. The molecule has 0 unspecified atom stereocenters. The Labute approximate surface area is 151 Å². The lowest BCUT2D eigenvalue weighted by Crippen LogP contribution is -2.38. The highest BCUT2D eigenvalue weighted by atomic mass is 16.2. The molecule has 1 saturated heterocycles. The number of benzene rings is 1. The normalized spacial score (nSPS) is 14.7. The van der Waals surface area contributed by atoms with Gasteiger partial charge >= 0.3 is 0 Å². The van der Waals surface area contributed by atoms with Gasteiger partial charge in [-0.15, -0.1) is 0 Å². The minimum atomic E-state index is -0.0389. The minimum absolute atomic E-state index is 0.0389. The van der Waals surface area contributed by atoms with Gasteiger partial charge in [0.05, 0.1) is 6.54 Å². The number of carbonyl (C=O) groups is 2. The molecule has 0 atom stereocenters. The van der Waals surface area contributed by atoms with Crippen molar-refractivity contribution in [1.82, 2.24) is 9.80 Å². The van der Waals surface area contributed by atoms with E-state index < -0.39 is 0 Å². The number of carbonyl (C=O) groups excluding carboxylic acids is 2. The number of likely N-dealkylation sites (N-methyl/N-ethyl adjacent to an activating group) is 1. The summed E-state index contributed by atoms with van der Waals surface area (Å²) in [6, 6.07) is 4.15. The molecule has 5 nitrogen and oxygen atoms in total. The number of hydrogen-bond acceptors (Lipinski definition) is 3. The van der Waals surface area contributed by atoms with Crippen LogP contribution in [-0.4, -0.2) is 54.8 Å². The molecule has 1 heterocycles. The molecular weight excluding hydrogens is 314 g/mol. The van der Waals surface area contributed by atoms with E-state index >= 15 is 0 Å². The summed E-state index contributed by atoms with van der Waals surface area (Å²) >= 11 is 0. The average Bonchev–Trinajstić information content (AvgIpc) is 2.56. The maximum absolute atomic E-state index is 12.3.